The van der Waals surface area contributed by atoms with Gasteiger partial charge in [-0.1, -0.05) is 12.1 Å². The van der Waals surface area contributed by atoms with E-state index in [9.17, 15) is 9.59 Å². The van der Waals surface area contributed by atoms with Crippen LogP contribution in [0.25, 0.3) is 0 Å². The van der Waals surface area contributed by atoms with Gasteiger partial charge in [-0.05, 0) is 36.2 Å². The van der Waals surface area contributed by atoms with Gasteiger partial charge in [0, 0.05) is 23.6 Å². The zero-order valence-electron chi connectivity index (χ0n) is 17.4. The maximum atomic E-state index is 12.5. The van der Waals surface area contributed by atoms with Gasteiger partial charge in [-0.25, -0.2) is 4.98 Å². The van der Waals surface area contributed by atoms with Crippen molar-refractivity contribution in [1.29, 1.82) is 0 Å². The van der Waals surface area contributed by atoms with Crippen LogP contribution in [-0.2, 0) is 6.42 Å². The molecule has 162 valence electrons. The topological polar surface area (TPSA) is 98.8 Å². The lowest BCUT2D eigenvalue weighted by molar-refractivity contribution is 0.0948. The number of carbonyl (C=O) groups excluding carboxylic acids is 2. The van der Waals surface area contributed by atoms with Crippen molar-refractivity contribution in [3.8, 4) is 17.2 Å². The summed E-state index contributed by atoms with van der Waals surface area (Å²) in [6.07, 6.45) is 0.682. The molecule has 0 saturated carbocycles. The minimum Gasteiger partial charge on any atom is -0.497 e. The van der Waals surface area contributed by atoms with Gasteiger partial charge < -0.3 is 19.5 Å². The Hall–Kier alpha value is -3.59. The van der Waals surface area contributed by atoms with E-state index in [1.54, 1.807) is 30.7 Å². The van der Waals surface area contributed by atoms with Crippen molar-refractivity contribution in [1.82, 2.24) is 10.3 Å². The Balaban J connectivity index is 1.55. The van der Waals surface area contributed by atoms with Gasteiger partial charge in [-0.15, -0.1) is 11.3 Å². The molecule has 0 aliphatic heterocycles. The monoisotopic (exact) mass is 441 g/mol. The number of anilines is 1. The van der Waals surface area contributed by atoms with E-state index in [1.807, 2.05) is 24.3 Å². The Labute approximate surface area is 184 Å². The van der Waals surface area contributed by atoms with Crippen LogP contribution in [0.4, 0.5) is 5.13 Å². The maximum absolute atomic E-state index is 12.5. The Bertz CT molecular complexity index is 1030. The predicted molar refractivity (Wildman–Crippen MR) is 119 cm³/mol. The van der Waals surface area contributed by atoms with Crippen molar-refractivity contribution in [2.75, 3.05) is 33.2 Å². The molecule has 0 aliphatic rings. The van der Waals surface area contributed by atoms with E-state index in [4.69, 9.17) is 14.2 Å². The lowest BCUT2D eigenvalue weighted by atomic mass is 10.1. The molecular formula is C22H23N3O5S. The van der Waals surface area contributed by atoms with E-state index < -0.39 is 0 Å². The van der Waals surface area contributed by atoms with E-state index in [1.165, 1.54) is 25.6 Å². The molecule has 1 aromatic heterocycles. The zero-order chi connectivity index (χ0) is 22.2. The molecule has 3 aromatic rings. The zero-order valence-corrected chi connectivity index (χ0v) is 18.2. The third kappa shape index (κ3) is 5.95. The molecule has 2 aromatic carbocycles. The van der Waals surface area contributed by atoms with Crippen LogP contribution in [0.3, 0.4) is 0 Å². The van der Waals surface area contributed by atoms with Gasteiger partial charge in [0.1, 0.15) is 22.9 Å². The van der Waals surface area contributed by atoms with E-state index in [0.717, 1.165) is 11.3 Å². The second-order valence-corrected chi connectivity index (χ2v) is 7.31. The number of methoxy groups -OCH3 is 3. The first-order chi connectivity index (χ1) is 15.0. The molecular weight excluding hydrogens is 418 g/mol. The van der Waals surface area contributed by atoms with Crippen molar-refractivity contribution >= 4 is 28.3 Å². The van der Waals surface area contributed by atoms with E-state index >= 15 is 0 Å². The summed E-state index contributed by atoms with van der Waals surface area (Å²) in [6, 6.07) is 12.5. The molecule has 0 radical (unpaired) electrons. The highest BCUT2D eigenvalue weighted by Gasteiger charge is 2.15. The van der Waals surface area contributed by atoms with Crippen molar-refractivity contribution in [3.63, 3.8) is 0 Å². The van der Waals surface area contributed by atoms with Gasteiger partial charge in [0.25, 0.3) is 11.8 Å². The average molecular weight is 442 g/mol. The molecule has 1 heterocycles. The number of nitrogens with one attached hydrogen (secondary N) is 2. The summed E-state index contributed by atoms with van der Waals surface area (Å²) < 4.78 is 15.5. The third-order valence-corrected chi connectivity index (χ3v) is 5.19. The van der Waals surface area contributed by atoms with Crippen molar-refractivity contribution in [2.24, 2.45) is 0 Å². The highest BCUT2D eigenvalue weighted by atomic mass is 32.1. The number of nitrogens with zero attached hydrogens (tertiary/aromatic N) is 1. The minimum atomic E-state index is -0.377. The number of ether oxygens (including phenoxy) is 3. The number of carbonyl (C=O) groups is 2. The molecule has 2 N–H and O–H groups in total. The van der Waals surface area contributed by atoms with Gasteiger partial charge in [-0.3, -0.25) is 14.9 Å². The Morgan fingerprint density at radius 2 is 1.55 bits per heavy atom. The first kappa shape index (κ1) is 22.1. The van der Waals surface area contributed by atoms with Crippen LogP contribution in [0.15, 0.2) is 47.8 Å². The van der Waals surface area contributed by atoms with Gasteiger partial charge in [-0.2, -0.15) is 0 Å². The summed E-state index contributed by atoms with van der Waals surface area (Å²) >= 11 is 1.17. The number of amides is 2. The molecule has 8 nitrogen and oxygen atoms in total. The second kappa shape index (κ2) is 10.4. The van der Waals surface area contributed by atoms with Crippen molar-refractivity contribution in [3.05, 3.63) is 64.7 Å². The van der Waals surface area contributed by atoms with Crippen LogP contribution >= 0.6 is 11.3 Å². The molecule has 0 aliphatic carbocycles. The van der Waals surface area contributed by atoms with Crippen molar-refractivity contribution in [2.45, 2.75) is 6.42 Å². The first-order valence-corrected chi connectivity index (χ1v) is 10.3. The lowest BCUT2D eigenvalue weighted by Crippen LogP contribution is -2.26. The minimum absolute atomic E-state index is 0.248. The summed E-state index contributed by atoms with van der Waals surface area (Å²) in [4.78, 5) is 29.1. The number of thiazole rings is 1. The fraction of sp³-hybridized carbons (Fsp3) is 0.227. The normalized spacial score (nSPS) is 10.3. The van der Waals surface area contributed by atoms with Crippen LogP contribution in [0.2, 0.25) is 0 Å². The highest BCUT2D eigenvalue weighted by molar-refractivity contribution is 7.14. The summed E-state index contributed by atoms with van der Waals surface area (Å²) in [5, 5.41) is 7.45. The number of rotatable bonds is 9. The highest BCUT2D eigenvalue weighted by Crippen LogP contribution is 2.24. The molecule has 0 bridgehead atoms. The lowest BCUT2D eigenvalue weighted by Gasteiger charge is -2.08. The molecule has 9 heteroatoms. The number of aromatic nitrogens is 1. The van der Waals surface area contributed by atoms with Crippen LogP contribution in [-0.4, -0.2) is 44.7 Å². The SMILES string of the molecule is COc1ccc(CCNC(=O)c2csc(NC(=O)c3cc(OC)cc(OC)c3)n2)cc1. The third-order valence-electron chi connectivity index (χ3n) is 4.43. The Morgan fingerprint density at radius 3 is 2.16 bits per heavy atom. The van der Waals surface area contributed by atoms with Crippen LogP contribution in [0.5, 0.6) is 17.2 Å². The van der Waals surface area contributed by atoms with Gasteiger partial charge in [0.2, 0.25) is 0 Å². The molecule has 31 heavy (non-hydrogen) atoms. The Morgan fingerprint density at radius 1 is 0.903 bits per heavy atom. The van der Waals surface area contributed by atoms with Crippen LogP contribution in [0.1, 0.15) is 26.4 Å². The number of hydrogen-bond donors (Lipinski definition) is 2. The largest absolute Gasteiger partial charge is 0.497 e. The number of hydrogen-bond acceptors (Lipinski definition) is 7. The summed E-state index contributed by atoms with van der Waals surface area (Å²) in [5.74, 6) is 1.12. The fourth-order valence-electron chi connectivity index (χ4n) is 2.75. The maximum Gasteiger partial charge on any atom is 0.270 e. The van der Waals surface area contributed by atoms with Crippen LogP contribution < -0.4 is 24.8 Å². The first-order valence-electron chi connectivity index (χ1n) is 9.43. The standard InChI is InChI=1S/C22H23N3O5S/c1-28-16-6-4-14(5-7-16)8-9-23-21(27)19-13-31-22(24-19)25-20(26)15-10-17(29-2)12-18(11-15)30-3/h4-7,10-13H,8-9H2,1-3H3,(H,23,27)(H,24,25,26). The quantitative estimate of drug-likeness (QED) is 0.528. The molecule has 0 fully saturated rings. The van der Waals surface area contributed by atoms with Gasteiger partial charge >= 0.3 is 0 Å². The Kier molecular flexibility index (Phi) is 7.45. The molecule has 0 atom stereocenters. The van der Waals surface area contributed by atoms with Crippen LogP contribution in [0, 0.1) is 0 Å². The van der Waals surface area contributed by atoms with Gasteiger partial charge in [0.05, 0.1) is 21.3 Å². The predicted octanol–water partition coefficient (Wildman–Crippen LogP) is 3.39. The van der Waals surface area contributed by atoms with Gasteiger partial charge in [0.15, 0.2) is 5.13 Å². The molecule has 0 saturated heterocycles. The molecule has 2 amide bonds. The molecule has 0 unspecified atom stereocenters. The van der Waals surface area contributed by atoms with E-state index in [2.05, 4.69) is 15.6 Å². The molecule has 0 spiro atoms. The second-order valence-electron chi connectivity index (χ2n) is 6.45. The fourth-order valence-corrected chi connectivity index (χ4v) is 3.43. The van der Waals surface area contributed by atoms with Crippen molar-refractivity contribution < 1.29 is 23.8 Å². The molecule has 3 rings (SSSR count). The van der Waals surface area contributed by atoms with E-state index in [0.29, 0.717) is 35.2 Å². The summed E-state index contributed by atoms with van der Waals surface area (Å²) in [5.41, 5.74) is 1.69. The number of benzene rings is 2. The average Bonchev–Trinajstić information content (AvgIpc) is 3.27. The smallest absolute Gasteiger partial charge is 0.270 e. The summed E-state index contributed by atoms with van der Waals surface area (Å²) in [6.45, 7) is 0.466. The van der Waals surface area contributed by atoms with E-state index in [-0.39, 0.29) is 17.5 Å². The summed E-state index contributed by atoms with van der Waals surface area (Å²) in [7, 11) is 4.64.